The van der Waals surface area contributed by atoms with Crippen LogP contribution >= 0.6 is 78.2 Å². The van der Waals surface area contributed by atoms with Gasteiger partial charge in [-0.3, -0.25) is 72.2 Å². The fourth-order valence-corrected chi connectivity index (χ4v) is 11.4. The highest BCUT2D eigenvalue weighted by atomic mass is 31.2. The van der Waals surface area contributed by atoms with E-state index in [0.717, 1.165) is 0 Å². The molecule has 0 aromatic heterocycles. The van der Waals surface area contributed by atoms with Gasteiger partial charge in [-0.15, -0.1) is 0 Å². The lowest BCUT2D eigenvalue weighted by atomic mass is 10.4. The molecule has 0 radical (unpaired) electrons. The summed E-state index contributed by atoms with van der Waals surface area (Å²) >= 11 is 0. The molecule has 61 heteroatoms. The van der Waals surface area contributed by atoms with Gasteiger partial charge in [0.2, 0.25) is 0 Å². The molecule has 14 atom stereocenters. The maximum Gasteiger partial charge on any atom is 0.470 e. The number of phosphoric ester groups is 10. The molecular formula is C37H92N5O46P10-9. The Kier molecular flexibility index (Phi) is 66.7. The highest BCUT2D eigenvalue weighted by Crippen LogP contribution is 2.45. The molecule has 0 amide bonds. The van der Waals surface area contributed by atoms with Gasteiger partial charge in [0.05, 0.1) is 146 Å². The van der Waals surface area contributed by atoms with Gasteiger partial charge in [-0.05, 0) is 56.0 Å². The van der Waals surface area contributed by atoms with E-state index in [1.807, 2.05) is 0 Å². The largest absolute Gasteiger partial charge is 0.756 e. The van der Waals surface area contributed by atoms with E-state index in [1.165, 1.54) is 27.8 Å². The third-order valence-electron chi connectivity index (χ3n) is 8.07. The lowest BCUT2D eigenvalue weighted by molar-refractivity contribution is -0.240. The smallest absolute Gasteiger partial charge is 0.470 e. The van der Waals surface area contributed by atoms with E-state index in [2.05, 4.69) is 99.0 Å². The molecule has 0 rings (SSSR count). The van der Waals surface area contributed by atoms with Gasteiger partial charge in [0.1, 0.15) is 30.5 Å². The van der Waals surface area contributed by atoms with Crippen LogP contribution in [0.4, 0.5) is 0 Å². The maximum atomic E-state index is 11.8. The number of nitrogens with one attached hydrogen (secondary N) is 5. The van der Waals surface area contributed by atoms with E-state index in [0.29, 0.717) is 0 Å². The van der Waals surface area contributed by atoms with Crippen molar-refractivity contribution < 1.29 is 215 Å². The molecule has 0 aliphatic heterocycles. The Hall–Kier alpha value is 0.660. The van der Waals surface area contributed by atoms with E-state index < -0.39 is 175 Å². The summed E-state index contributed by atoms with van der Waals surface area (Å²) in [6.07, 6.45) is -6.72. The second-order valence-electron chi connectivity index (χ2n) is 16.5. The quantitative estimate of drug-likeness (QED) is 0.0153. The van der Waals surface area contributed by atoms with Crippen molar-refractivity contribution in [3.63, 3.8) is 0 Å². The van der Waals surface area contributed by atoms with Gasteiger partial charge < -0.3 is 165 Å². The Morgan fingerprint density at radius 1 is 0.296 bits per heavy atom. The molecule has 0 aromatic carbocycles. The van der Waals surface area contributed by atoms with Gasteiger partial charge in [-0.25, -0.2) is 4.57 Å². The topological polar surface area (TPSA) is 754 Å². The Balaban J connectivity index is -0.000000305. The van der Waals surface area contributed by atoms with Crippen LogP contribution in [0.2, 0.25) is 0 Å². The lowest BCUT2D eigenvalue weighted by Gasteiger charge is -2.29. The van der Waals surface area contributed by atoms with Crippen molar-refractivity contribution in [1.29, 1.82) is 0 Å². The molecule has 0 bridgehead atoms. The van der Waals surface area contributed by atoms with Crippen LogP contribution in [0.1, 0.15) is 35.6 Å². The number of aliphatic hydroxyl groups excluding tert-OH is 1. The first kappa shape index (κ1) is 110. The fraction of sp³-hybridized carbons (Fsp3) is 1.00. The molecule has 0 heterocycles. The van der Waals surface area contributed by atoms with E-state index in [4.69, 9.17) is 53.3 Å². The van der Waals surface area contributed by atoms with Gasteiger partial charge in [-0.1, -0.05) is 14.9 Å². The molecule has 0 aromatic rings. The van der Waals surface area contributed by atoms with Crippen molar-refractivity contribution in [2.24, 2.45) is 0 Å². The van der Waals surface area contributed by atoms with Crippen molar-refractivity contribution in [2.75, 3.05) is 181 Å². The van der Waals surface area contributed by atoms with Crippen LogP contribution in [0, 0.1) is 0 Å². The molecule has 14 unspecified atom stereocenters. The fourth-order valence-electron chi connectivity index (χ4n) is 4.94. The zero-order valence-electron chi connectivity index (χ0n) is 52.4. The summed E-state index contributed by atoms with van der Waals surface area (Å²) in [7, 11) is -41.0. The first-order chi connectivity index (χ1) is 44.1. The third-order valence-corrected chi connectivity index (χ3v) is 16.5. The van der Waals surface area contributed by atoms with E-state index in [9.17, 15) is 89.7 Å². The molecular weight excluding hydrogens is 1560 g/mol. The standard InChI is InChI=1S/C14H36N2O19P4.3C7H19NO9P2.2CH4/c1-15-11-27-8-13(7-17)35-39(25,26)32-6-5-30-37(21,22)29-3-4-31-38(23,24)33-10-14(9-28-12-16-2)34-36(18,19)20;3*1-3-15-19(12,13)16-5-7(4-14-6-8-2)17-18(9,10)11;;/h13-17H,3-12H2,1-2H3,(H,21,22)(H,23,24)(H,25,26)(H2,18,19,20);3*7-8H,3-6H2,1-2H3,(H,12,13)(H2,9,10,11);2*1H4/p-9. The number of aliphatic hydroxyl groups is 1. The van der Waals surface area contributed by atoms with Crippen LogP contribution in [0.15, 0.2) is 0 Å². The van der Waals surface area contributed by atoms with Crippen LogP contribution in [0.3, 0.4) is 0 Å². The molecule has 0 spiro atoms. The van der Waals surface area contributed by atoms with E-state index >= 15 is 0 Å². The molecule has 51 nitrogen and oxygen atoms in total. The van der Waals surface area contributed by atoms with Crippen LogP contribution in [0.5, 0.6) is 0 Å². The molecule has 0 aliphatic carbocycles. The minimum absolute atomic E-state index is 0. The normalized spacial score (nSPS) is 18.8. The Morgan fingerprint density at radius 2 is 0.500 bits per heavy atom. The predicted molar refractivity (Wildman–Crippen MR) is 314 cm³/mol. The Labute approximate surface area is 565 Å². The van der Waals surface area contributed by atoms with E-state index in [-0.39, 0.29) is 94.8 Å². The molecule has 11 N–H and O–H groups in total. The minimum atomic E-state index is -5.26. The second kappa shape index (κ2) is 59.7. The summed E-state index contributed by atoms with van der Waals surface area (Å²) in [5.41, 5.74) is 0. The molecule has 600 valence electrons. The number of ether oxygens (including phenoxy) is 5. The van der Waals surface area contributed by atoms with Crippen molar-refractivity contribution in [1.82, 2.24) is 26.6 Å². The predicted octanol–water partition coefficient (Wildman–Crippen LogP) is -6.37. The lowest BCUT2D eigenvalue weighted by Crippen LogP contribution is -2.29. The SMILES string of the molecule is C.C.CCOP(=O)([O-])OCC(COCNC)OP(=O)(O)O.CCOP(=O)([O-])OCC(COCNC)OP(=O)([O-])O.CCOP(=O)([O-])OCC(COCNC)OP(=O)([O-])O.CNCOCC(COP(=O)([O-])OCCOP(=O)([O-])OCCOP(=O)([O-])OC(CO)COCNC)OP(=O)([O-])O. The van der Waals surface area contributed by atoms with Crippen molar-refractivity contribution in [3.05, 3.63) is 0 Å². The van der Waals surface area contributed by atoms with Crippen LogP contribution < -0.4 is 70.6 Å². The Morgan fingerprint density at radius 3 is 0.704 bits per heavy atom. The monoisotopic (exact) mass is 1650 g/mol. The van der Waals surface area contributed by atoms with Crippen molar-refractivity contribution >= 4 is 78.2 Å². The second-order valence-corrected chi connectivity index (χ2v) is 29.6. The number of phosphoric acid groups is 10. The summed E-state index contributed by atoms with van der Waals surface area (Å²) in [6, 6.07) is 0. The van der Waals surface area contributed by atoms with Crippen molar-refractivity contribution in [2.45, 2.75) is 66.1 Å². The summed E-state index contributed by atoms with van der Waals surface area (Å²) in [5.74, 6) is 0. The minimum Gasteiger partial charge on any atom is -0.756 e. The average Bonchev–Trinajstić information content (AvgIpc) is 0.933. The summed E-state index contributed by atoms with van der Waals surface area (Å²) in [6.45, 7) is -4.52. The molecule has 0 fully saturated rings. The zero-order valence-corrected chi connectivity index (χ0v) is 61.4. The Bertz CT molecular complexity index is 2320. The zero-order chi connectivity index (χ0) is 74.8. The molecule has 0 saturated carbocycles. The number of hydrogen-bond donors (Lipinski definition) is 11. The summed E-state index contributed by atoms with van der Waals surface area (Å²) < 4.78 is 205. The number of hydrogen-bond acceptors (Lipinski definition) is 46. The van der Waals surface area contributed by atoms with Crippen LogP contribution in [0.25, 0.3) is 0 Å². The van der Waals surface area contributed by atoms with Crippen LogP contribution in [-0.2, 0) is 142 Å². The molecule has 0 saturated heterocycles. The summed E-state index contributed by atoms with van der Waals surface area (Å²) in [5, 5.41) is 22.1. The molecule has 98 heavy (non-hydrogen) atoms. The third kappa shape index (κ3) is 77.8. The van der Waals surface area contributed by atoms with Crippen molar-refractivity contribution in [3.8, 4) is 0 Å². The van der Waals surface area contributed by atoms with Gasteiger partial charge in [0.15, 0.2) is 0 Å². The van der Waals surface area contributed by atoms with Gasteiger partial charge in [-0.2, -0.15) is 0 Å². The maximum absolute atomic E-state index is 11.8. The number of rotatable bonds is 59. The highest BCUT2D eigenvalue weighted by molar-refractivity contribution is 7.48. The average molecular weight is 1650 g/mol. The molecule has 0 aliphatic rings. The van der Waals surface area contributed by atoms with Gasteiger partial charge in [0.25, 0.3) is 70.4 Å². The van der Waals surface area contributed by atoms with Crippen LogP contribution in [-0.4, -0.2) is 241 Å². The van der Waals surface area contributed by atoms with Gasteiger partial charge >= 0.3 is 7.82 Å². The summed E-state index contributed by atoms with van der Waals surface area (Å²) in [4.78, 5) is 144. The highest BCUT2D eigenvalue weighted by Gasteiger charge is 2.26. The van der Waals surface area contributed by atoms with Gasteiger partial charge in [0, 0.05) is 0 Å². The van der Waals surface area contributed by atoms with E-state index in [1.54, 1.807) is 28.2 Å². The first-order valence-electron chi connectivity index (χ1n) is 26.4. The first-order valence-corrected chi connectivity index (χ1v) is 41.2.